The molecular weight excluding hydrogens is 288 g/mol. The molecule has 0 heterocycles. The number of hydrogen-bond donors (Lipinski definition) is 2. The number of carbonyl (C=O) groups is 2. The number of rotatable bonds is 7. The van der Waals surface area contributed by atoms with Gasteiger partial charge in [-0.15, -0.1) is 6.58 Å². The highest BCUT2D eigenvalue weighted by Gasteiger charge is 2.11. The Bertz CT molecular complexity index is 625. The van der Waals surface area contributed by atoms with Gasteiger partial charge in [0.1, 0.15) is 0 Å². The lowest BCUT2D eigenvalue weighted by Gasteiger charge is -2.03. The lowest BCUT2D eigenvalue weighted by molar-refractivity contribution is -0.384. The molecule has 0 atom stereocenters. The smallest absolute Gasteiger partial charge is 0.271 e. The molecule has 22 heavy (non-hydrogen) atoms. The first-order valence-corrected chi connectivity index (χ1v) is 6.39. The van der Waals surface area contributed by atoms with Crippen molar-refractivity contribution in [3.8, 4) is 0 Å². The Kier molecular flexibility index (Phi) is 6.42. The summed E-state index contributed by atoms with van der Waals surface area (Å²) in [5, 5.41) is 17.0. The third-order valence-electron chi connectivity index (χ3n) is 2.53. The first-order valence-electron chi connectivity index (χ1n) is 6.39. The maximum absolute atomic E-state index is 11.8. The van der Waals surface area contributed by atoms with Crippen LogP contribution in [0.5, 0.6) is 0 Å². The number of benzene rings is 1. The molecule has 0 fully saturated rings. The molecule has 0 aromatic heterocycles. The van der Waals surface area contributed by atoms with Gasteiger partial charge in [-0.05, 0) is 13.0 Å². The first-order chi connectivity index (χ1) is 10.4. The van der Waals surface area contributed by atoms with E-state index < -0.39 is 10.8 Å². The van der Waals surface area contributed by atoms with Crippen molar-refractivity contribution in [3.05, 3.63) is 52.6 Å². The average Bonchev–Trinajstić information content (AvgIpc) is 2.50. The molecular formula is C14H16N4O4. The number of nitro benzene ring substituents is 1. The van der Waals surface area contributed by atoms with E-state index in [0.717, 1.165) is 6.07 Å². The summed E-state index contributed by atoms with van der Waals surface area (Å²) in [6.07, 6.45) is 1.58. The molecule has 8 nitrogen and oxygen atoms in total. The van der Waals surface area contributed by atoms with E-state index >= 15 is 0 Å². The van der Waals surface area contributed by atoms with Crippen LogP contribution in [0.2, 0.25) is 0 Å². The minimum Gasteiger partial charge on any atom is -0.352 e. The highest BCUT2D eigenvalue weighted by Crippen LogP contribution is 2.12. The van der Waals surface area contributed by atoms with Crippen molar-refractivity contribution in [2.75, 3.05) is 6.54 Å². The highest BCUT2D eigenvalue weighted by atomic mass is 16.6. The third kappa shape index (κ3) is 5.53. The molecule has 2 amide bonds. The van der Waals surface area contributed by atoms with Crippen molar-refractivity contribution in [2.24, 2.45) is 5.10 Å². The number of carbonyl (C=O) groups excluding carboxylic acids is 2. The van der Waals surface area contributed by atoms with Crippen LogP contribution < -0.4 is 10.7 Å². The van der Waals surface area contributed by atoms with E-state index in [4.69, 9.17) is 0 Å². The summed E-state index contributed by atoms with van der Waals surface area (Å²) in [7, 11) is 0. The topological polar surface area (TPSA) is 114 Å². The van der Waals surface area contributed by atoms with Gasteiger partial charge in [-0.2, -0.15) is 5.10 Å². The van der Waals surface area contributed by atoms with E-state index in [-0.39, 0.29) is 23.6 Å². The summed E-state index contributed by atoms with van der Waals surface area (Å²) in [6.45, 7) is 5.41. The Hall–Kier alpha value is -3.03. The van der Waals surface area contributed by atoms with E-state index in [2.05, 4.69) is 22.4 Å². The van der Waals surface area contributed by atoms with Crippen molar-refractivity contribution in [1.29, 1.82) is 0 Å². The Morgan fingerprint density at radius 2 is 2.18 bits per heavy atom. The zero-order chi connectivity index (χ0) is 16.5. The molecule has 0 bridgehead atoms. The van der Waals surface area contributed by atoms with Crippen LogP contribution in [0.25, 0.3) is 0 Å². The van der Waals surface area contributed by atoms with Gasteiger partial charge in [0.15, 0.2) is 0 Å². The van der Waals surface area contributed by atoms with Gasteiger partial charge in [0.2, 0.25) is 5.91 Å². The maximum atomic E-state index is 11.8. The van der Waals surface area contributed by atoms with Crippen molar-refractivity contribution in [1.82, 2.24) is 10.7 Å². The summed E-state index contributed by atoms with van der Waals surface area (Å²) in [5.74, 6) is -0.833. The fourth-order valence-corrected chi connectivity index (χ4v) is 1.49. The molecule has 116 valence electrons. The Morgan fingerprint density at radius 3 is 2.82 bits per heavy atom. The van der Waals surface area contributed by atoms with Crippen LogP contribution in [-0.4, -0.2) is 29.0 Å². The van der Waals surface area contributed by atoms with Crippen molar-refractivity contribution >= 4 is 23.2 Å². The molecule has 0 spiro atoms. The molecule has 0 aliphatic carbocycles. The predicted molar refractivity (Wildman–Crippen MR) is 81.5 cm³/mol. The van der Waals surface area contributed by atoms with Crippen LogP contribution >= 0.6 is 0 Å². The van der Waals surface area contributed by atoms with Crippen LogP contribution in [0.4, 0.5) is 5.69 Å². The Labute approximate surface area is 127 Å². The SMILES string of the molecule is C=CCNC(=O)C/C(C)=N/NC(=O)c1cccc([N+](=O)[O-])c1. The second-order valence-corrected chi connectivity index (χ2v) is 4.36. The van der Waals surface area contributed by atoms with Gasteiger partial charge >= 0.3 is 0 Å². The summed E-state index contributed by atoms with van der Waals surface area (Å²) >= 11 is 0. The van der Waals surface area contributed by atoms with Crippen LogP contribution in [0.3, 0.4) is 0 Å². The molecule has 0 saturated heterocycles. The second-order valence-electron chi connectivity index (χ2n) is 4.36. The van der Waals surface area contributed by atoms with Gasteiger partial charge in [-0.25, -0.2) is 5.43 Å². The van der Waals surface area contributed by atoms with Crippen LogP contribution in [-0.2, 0) is 4.79 Å². The van der Waals surface area contributed by atoms with Gasteiger partial charge in [0.25, 0.3) is 11.6 Å². The van der Waals surface area contributed by atoms with Gasteiger partial charge in [0.05, 0.1) is 11.3 Å². The van der Waals surface area contributed by atoms with E-state index in [0.29, 0.717) is 12.3 Å². The van der Waals surface area contributed by atoms with Gasteiger partial charge in [0, 0.05) is 30.0 Å². The summed E-state index contributed by atoms with van der Waals surface area (Å²) < 4.78 is 0. The van der Waals surface area contributed by atoms with Crippen molar-refractivity contribution < 1.29 is 14.5 Å². The lowest BCUT2D eigenvalue weighted by Crippen LogP contribution is -2.26. The van der Waals surface area contributed by atoms with Crippen LogP contribution in [0.15, 0.2) is 42.0 Å². The minimum absolute atomic E-state index is 0.0308. The third-order valence-corrected chi connectivity index (χ3v) is 2.53. The molecule has 0 aliphatic rings. The fourth-order valence-electron chi connectivity index (χ4n) is 1.49. The quantitative estimate of drug-likeness (QED) is 0.343. The van der Waals surface area contributed by atoms with Gasteiger partial charge in [-0.1, -0.05) is 12.1 Å². The molecule has 0 aliphatic heterocycles. The number of hydrazone groups is 1. The second kappa shape index (κ2) is 8.30. The normalized spacial score (nSPS) is 10.7. The number of non-ortho nitro benzene ring substituents is 1. The highest BCUT2D eigenvalue weighted by molar-refractivity contribution is 6.01. The van der Waals surface area contributed by atoms with Gasteiger partial charge < -0.3 is 5.32 Å². The molecule has 0 unspecified atom stereocenters. The zero-order valence-electron chi connectivity index (χ0n) is 12.0. The maximum Gasteiger partial charge on any atom is 0.271 e. The number of nitrogens with zero attached hydrogens (tertiary/aromatic N) is 2. The Morgan fingerprint density at radius 1 is 1.45 bits per heavy atom. The molecule has 0 saturated carbocycles. The number of amides is 2. The van der Waals surface area contributed by atoms with E-state index in [1.807, 2.05) is 0 Å². The summed E-state index contributed by atoms with van der Waals surface area (Å²) in [4.78, 5) is 33.3. The van der Waals surface area contributed by atoms with Crippen LogP contribution in [0.1, 0.15) is 23.7 Å². The standard InChI is InChI=1S/C14H16N4O4/c1-3-7-15-13(19)8-10(2)16-17-14(20)11-5-4-6-12(9-11)18(21)22/h3-6,9H,1,7-8H2,2H3,(H,15,19)(H,17,20)/b16-10+. The molecule has 0 radical (unpaired) electrons. The van der Waals surface area contributed by atoms with E-state index in [1.165, 1.54) is 18.2 Å². The monoisotopic (exact) mass is 304 g/mol. The number of hydrogen-bond acceptors (Lipinski definition) is 5. The molecule has 8 heteroatoms. The van der Waals surface area contributed by atoms with E-state index in [1.54, 1.807) is 13.0 Å². The molecule has 1 aromatic rings. The minimum atomic E-state index is -0.588. The first kappa shape index (κ1) is 17.0. The van der Waals surface area contributed by atoms with Crippen LogP contribution in [0, 0.1) is 10.1 Å². The largest absolute Gasteiger partial charge is 0.352 e. The number of nitro groups is 1. The van der Waals surface area contributed by atoms with E-state index in [9.17, 15) is 19.7 Å². The zero-order valence-corrected chi connectivity index (χ0v) is 12.0. The molecule has 2 N–H and O–H groups in total. The number of nitrogens with one attached hydrogen (secondary N) is 2. The van der Waals surface area contributed by atoms with Crippen molar-refractivity contribution in [3.63, 3.8) is 0 Å². The fraction of sp³-hybridized carbons (Fsp3) is 0.214. The lowest BCUT2D eigenvalue weighted by atomic mass is 10.2. The molecule has 1 aromatic carbocycles. The summed E-state index contributed by atoms with van der Waals surface area (Å²) in [6, 6.07) is 5.28. The Balaban J connectivity index is 2.62. The predicted octanol–water partition coefficient (Wildman–Crippen LogP) is 1.39. The summed E-state index contributed by atoms with van der Waals surface area (Å²) in [5.41, 5.74) is 2.59. The van der Waals surface area contributed by atoms with Crippen molar-refractivity contribution in [2.45, 2.75) is 13.3 Å². The molecule has 1 rings (SSSR count). The average molecular weight is 304 g/mol. The van der Waals surface area contributed by atoms with Gasteiger partial charge in [-0.3, -0.25) is 19.7 Å².